The Hall–Kier alpha value is -3.06. The van der Waals surface area contributed by atoms with Gasteiger partial charge >= 0.3 is 0 Å². The Balaban J connectivity index is 1.41. The zero-order valence-corrected chi connectivity index (χ0v) is 16.2. The van der Waals surface area contributed by atoms with Crippen molar-refractivity contribution in [1.82, 2.24) is 20.4 Å². The Bertz CT molecular complexity index is 828. The smallest absolute Gasteiger partial charge is 0.191 e. The number of ether oxygens (including phenoxy) is 1. The zero-order valence-electron chi connectivity index (χ0n) is 16.2. The fraction of sp³-hybridized carbons (Fsp3) is 0.333. The number of rotatable bonds is 10. The molecule has 3 rings (SSSR count). The molecule has 0 atom stereocenters. The van der Waals surface area contributed by atoms with Gasteiger partial charge in [0.2, 0.25) is 0 Å². The molecule has 0 amide bonds. The summed E-state index contributed by atoms with van der Waals surface area (Å²) in [7, 11) is 0. The highest BCUT2D eigenvalue weighted by Gasteiger charge is 2.02. The van der Waals surface area contributed by atoms with Crippen LogP contribution in [0.3, 0.4) is 0 Å². The van der Waals surface area contributed by atoms with Crippen LogP contribution in [-0.4, -0.2) is 35.4 Å². The van der Waals surface area contributed by atoms with Gasteiger partial charge in [0.05, 0.1) is 24.2 Å². The number of nitrogens with one attached hydrogen (secondary N) is 2. The van der Waals surface area contributed by atoms with E-state index in [1.54, 1.807) is 6.26 Å². The third-order valence-electron chi connectivity index (χ3n) is 3.99. The first-order chi connectivity index (χ1) is 13.8. The molecule has 2 aromatic heterocycles. The Morgan fingerprint density at radius 2 is 2.04 bits per heavy atom. The van der Waals surface area contributed by atoms with E-state index in [0.29, 0.717) is 19.8 Å². The second kappa shape index (κ2) is 10.9. The third-order valence-corrected chi connectivity index (χ3v) is 3.99. The van der Waals surface area contributed by atoms with Crippen molar-refractivity contribution in [2.24, 2.45) is 4.99 Å². The summed E-state index contributed by atoms with van der Waals surface area (Å²) >= 11 is 0. The van der Waals surface area contributed by atoms with Gasteiger partial charge < -0.3 is 19.8 Å². The summed E-state index contributed by atoms with van der Waals surface area (Å²) in [5.74, 6) is 1.63. The molecule has 0 saturated carbocycles. The van der Waals surface area contributed by atoms with Crippen molar-refractivity contribution in [2.45, 2.75) is 26.5 Å². The molecular weight excluding hydrogens is 354 g/mol. The first kappa shape index (κ1) is 19.7. The topological polar surface area (TPSA) is 76.6 Å². The van der Waals surface area contributed by atoms with E-state index < -0.39 is 0 Å². The molecule has 0 spiro atoms. The van der Waals surface area contributed by atoms with Crippen LogP contribution in [0.15, 0.2) is 70.4 Å². The first-order valence-corrected chi connectivity index (χ1v) is 9.57. The Morgan fingerprint density at radius 3 is 2.82 bits per heavy atom. The minimum Gasteiger partial charge on any atom is -0.467 e. The minimum absolute atomic E-state index is 0.505. The molecule has 0 bridgehead atoms. The van der Waals surface area contributed by atoms with Gasteiger partial charge in [-0.25, -0.2) is 9.67 Å². The highest BCUT2D eigenvalue weighted by molar-refractivity contribution is 5.79. The van der Waals surface area contributed by atoms with Crippen LogP contribution in [-0.2, 0) is 17.9 Å². The Kier molecular flexibility index (Phi) is 7.69. The average molecular weight is 381 g/mol. The van der Waals surface area contributed by atoms with Crippen molar-refractivity contribution in [3.8, 4) is 5.69 Å². The van der Waals surface area contributed by atoms with E-state index in [0.717, 1.165) is 42.6 Å². The van der Waals surface area contributed by atoms with Crippen molar-refractivity contribution in [2.75, 3.05) is 19.7 Å². The number of aromatic nitrogens is 2. The lowest BCUT2D eigenvalue weighted by molar-refractivity contribution is 0.105. The first-order valence-electron chi connectivity index (χ1n) is 9.57. The van der Waals surface area contributed by atoms with Crippen LogP contribution in [0.2, 0.25) is 0 Å². The lowest BCUT2D eigenvalue weighted by Gasteiger charge is -2.11. The highest BCUT2D eigenvalue weighted by atomic mass is 16.5. The van der Waals surface area contributed by atoms with Gasteiger partial charge in [0.25, 0.3) is 0 Å². The van der Waals surface area contributed by atoms with Gasteiger partial charge in [-0.15, -0.1) is 0 Å². The fourth-order valence-corrected chi connectivity index (χ4v) is 2.62. The second-order valence-electron chi connectivity index (χ2n) is 6.19. The quantitative estimate of drug-likeness (QED) is 0.321. The minimum atomic E-state index is 0.505. The standard InChI is InChI=1S/C21H27N5O2/c1-2-22-21(23-12-7-14-27-17-20-10-6-15-28-20)24-16-18-11-13-26(25-18)19-8-4-3-5-9-19/h3-6,8-11,13,15H,2,7,12,14,16-17H2,1H3,(H2,22,23,24). The summed E-state index contributed by atoms with van der Waals surface area (Å²) in [6.07, 6.45) is 4.49. The lowest BCUT2D eigenvalue weighted by Crippen LogP contribution is -2.38. The fourth-order valence-electron chi connectivity index (χ4n) is 2.62. The van der Waals surface area contributed by atoms with Crippen LogP contribution in [0, 0.1) is 0 Å². The summed E-state index contributed by atoms with van der Waals surface area (Å²) < 4.78 is 12.7. The zero-order chi connectivity index (χ0) is 19.4. The predicted octanol–water partition coefficient (Wildman–Crippen LogP) is 3.13. The molecule has 0 aliphatic rings. The van der Waals surface area contributed by atoms with Crippen LogP contribution in [0.1, 0.15) is 24.8 Å². The number of nitrogens with zero attached hydrogens (tertiary/aromatic N) is 3. The molecule has 2 N–H and O–H groups in total. The maximum Gasteiger partial charge on any atom is 0.191 e. The SMILES string of the molecule is CCNC(=NCc1ccn(-c2ccccc2)n1)NCCCOCc1ccco1. The molecule has 2 heterocycles. The van der Waals surface area contributed by atoms with Gasteiger partial charge in [0, 0.05) is 25.9 Å². The van der Waals surface area contributed by atoms with Crippen molar-refractivity contribution < 1.29 is 9.15 Å². The van der Waals surface area contributed by atoms with E-state index in [1.807, 2.05) is 66.3 Å². The van der Waals surface area contributed by atoms with Gasteiger partial charge in [0.15, 0.2) is 5.96 Å². The van der Waals surface area contributed by atoms with Crippen molar-refractivity contribution in [3.05, 3.63) is 72.4 Å². The molecule has 1 aromatic carbocycles. The maximum absolute atomic E-state index is 5.59. The van der Waals surface area contributed by atoms with Crippen LogP contribution < -0.4 is 10.6 Å². The summed E-state index contributed by atoms with van der Waals surface area (Å²) in [6, 6.07) is 15.8. The van der Waals surface area contributed by atoms with Gasteiger partial charge in [0.1, 0.15) is 12.4 Å². The van der Waals surface area contributed by atoms with E-state index in [2.05, 4.69) is 20.7 Å². The molecular formula is C21H27N5O2. The molecule has 3 aromatic rings. The van der Waals surface area contributed by atoms with E-state index in [4.69, 9.17) is 9.15 Å². The van der Waals surface area contributed by atoms with Crippen LogP contribution >= 0.6 is 0 Å². The summed E-state index contributed by atoms with van der Waals surface area (Å²) in [6.45, 7) is 5.32. The molecule has 0 saturated heterocycles. The number of benzene rings is 1. The Labute approximate surface area is 165 Å². The van der Waals surface area contributed by atoms with E-state index >= 15 is 0 Å². The largest absolute Gasteiger partial charge is 0.467 e. The molecule has 148 valence electrons. The molecule has 7 heteroatoms. The van der Waals surface area contributed by atoms with Gasteiger partial charge in [-0.3, -0.25) is 0 Å². The third kappa shape index (κ3) is 6.28. The normalized spacial score (nSPS) is 11.5. The molecule has 0 aliphatic carbocycles. The lowest BCUT2D eigenvalue weighted by atomic mass is 10.3. The number of hydrogen-bond donors (Lipinski definition) is 2. The number of para-hydroxylation sites is 1. The van der Waals surface area contributed by atoms with Gasteiger partial charge in [-0.05, 0) is 43.7 Å². The second-order valence-corrected chi connectivity index (χ2v) is 6.19. The van der Waals surface area contributed by atoms with Gasteiger partial charge in [-0.1, -0.05) is 18.2 Å². The number of furan rings is 1. The van der Waals surface area contributed by atoms with Crippen LogP contribution in [0.5, 0.6) is 0 Å². The average Bonchev–Trinajstić information content (AvgIpc) is 3.41. The Morgan fingerprint density at radius 1 is 1.14 bits per heavy atom. The maximum atomic E-state index is 5.59. The molecule has 0 unspecified atom stereocenters. The predicted molar refractivity (Wildman–Crippen MR) is 109 cm³/mol. The summed E-state index contributed by atoms with van der Waals surface area (Å²) in [5, 5.41) is 11.2. The number of hydrogen-bond acceptors (Lipinski definition) is 4. The van der Waals surface area contributed by atoms with E-state index in [9.17, 15) is 0 Å². The monoisotopic (exact) mass is 381 g/mol. The van der Waals surface area contributed by atoms with Crippen molar-refractivity contribution in [1.29, 1.82) is 0 Å². The highest BCUT2D eigenvalue weighted by Crippen LogP contribution is 2.07. The van der Waals surface area contributed by atoms with Crippen LogP contribution in [0.25, 0.3) is 5.69 Å². The number of guanidine groups is 1. The molecule has 0 fully saturated rings. The summed E-state index contributed by atoms with van der Waals surface area (Å²) in [5.41, 5.74) is 1.96. The van der Waals surface area contributed by atoms with Crippen molar-refractivity contribution in [3.63, 3.8) is 0 Å². The number of aliphatic imine (C=N–C) groups is 1. The molecule has 0 aliphatic heterocycles. The van der Waals surface area contributed by atoms with Crippen molar-refractivity contribution >= 4 is 5.96 Å². The van der Waals surface area contributed by atoms with Crippen LogP contribution in [0.4, 0.5) is 0 Å². The van der Waals surface area contributed by atoms with E-state index in [-0.39, 0.29) is 0 Å². The summed E-state index contributed by atoms with van der Waals surface area (Å²) in [4.78, 5) is 4.61. The molecule has 28 heavy (non-hydrogen) atoms. The van der Waals surface area contributed by atoms with Gasteiger partial charge in [-0.2, -0.15) is 5.10 Å². The molecule has 7 nitrogen and oxygen atoms in total. The molecule has 0 radical (unpaired) electrons. The van der Waals surface area contributed by atoms with E-state index in [1.165, 1.54) is 0 Å².